The molecule has 0 heterocycles. The Hall–Kier alpha value is -2.08. The predicted molar refractivity (Wildman–Crippen MR) is 87.9 cm³/mol. The van der Waals surface area contributed by atoms with Crippen LogP contribution in [0.5, 0.6) is 0 Å². The van der Waals surface area contributed by atoms with E-state index in [2.05, 4.69) is 16.0 Å². The Labute approximate surface area is 131 Å². The van der Waals surface area contributed by atoms with Crippen LogP contribution in [0.2, 0.25) is 0 Å². The number of ether oxygens (including phenoxy) is 1. The molecule has 2 amide bonds. The number of anilines is 2. The number of methoxy groups -OCH3 is 1. The van der Waals surface area contributed by atoms with Crippen molar-refractivity contribution in [1.82, 2.24) is 5.32 Å². The molecule has 0 unspecified atom stereocenters. The Morgan fingerprint density at radius 2 is 1.68 bits per heavy atom. The van der Waals surface area contributed by atoms with Gasteiger partial charge < -0.3 is 20.7 Å². The van der Waals surface area contributed by atoms with Crippen molar-refractivity contribution in [1.29, 1.82) is 0 Å². The van der Waals surface area contributed by atoms with Crippen LogP contribution in [0.15, 0.2) is 24.3 Å². The van der Waals surface area contributed by atoms with E-state index in [9.17, 15) is 9.59 Å². The summed E-state index contributed by atoms with van der Waals surface area (Å²) in [7, 11) is 1.47. The van der Waals surface area contributed by atoms with Gasteiger partial charge in [-0.1, -0.05) is 0 Å². The molecule has 22 heavy (non-hydrogen) atoms. The predicted octanol–water partition coefficient (Wildman–Crippen LogP) is 1.99. The van der Waals surface area contributed by atoms with Crippen molar-refractivity contribution in [3.8, 4) is 0 Å². The molecule has 1 aromatic rings. The van der Waals surface area contributed by atoms with Gasteiger partial charge in [-0.25, -0.2) is 0 Å². The summed E-state index contributed by atoms with van der Waals surface area (Å²) in [6.45, 7) is 7.64. The highest BCUT2D eigenvalue weighted by Crippen LogP contribution is 2.14. The molecular formula is C16H25N3O3. The van der Waals surface area contributed by atoms with Crippen LogP contribution in [0.25, 0.3) is 0 Å². The maximum atomic E-state index is 12.0. The Morgan fingerprint density at radius 1 is 1.14 bits per heavy atom. The quantitative estimate of drug-likeness (QED) is 0.751. The molecule has 0 aliphatic carbocycles. The molecule has 0 bridgehead atoms. The number of hydrogen-bond acceptors (Lipinski definition) is 4. The summed E-state index contributed by atoms with van der Waals surface area (Å²) in [5.74, 6) is -0.272. The minimum absolute atomic E-state index is 0.0179. The number of hydrogen-bond donors (Lipinski definition) is 3. The zero-order valence-electron chi connectivity index (χ0n) is 13.8. The lowest BCUT2D eigenvalue weighted by atomic mass is 10.1. The van der Waals surface area contributed by atoms with E-state index in [1.54, 1.807) is 19.1 Å². The number of amides is 2. The SMILES string of the molecule is COCC(=O)Nc1ccc(N[C@H](C)C(=O)NC(C)(C)C)cc1. The Kier molecular flexibility index (Phi) is 6.37. The fraction of sp³-hybridized carbons (Fsp3) is 0.500. The average molecular weight is 307 g/mol. The average Bonchev–Trinajstić information content (AvgIpc) is 2.39. The van der Waals surface area contributed by atoms with Crippen molar-refractivity contribution in [3.05, 3.63) is 24.3 Å². The maximum absolute atomic E-state index is 12.0. The Morgan fingerprint density at radius 3 is 2.18 bits per heavy atom. The molecule has 6 heteroatoms. The van der Waals surface area contributed by atoms with Gasteiger partial charge in [-0.3, -0.25) is 9.59 Å². The minimum atomic E-state index is -0.354. The largest absolute Gasteiger partial charge is 0.375 e. The molecule has 0 aliphatic heterocycles. The molecule has 0 radical (unpaired) electrons. The molecule has 0 aromatic heterocycles. The van der Waals surface area contributed by atoms with Crippen LogP contribution in [-0.4, -0.2) is 37.1 Å². The summed E-state index contributed by atoms with van der Waals surface area (Å²) in [4.78, 5) is 23.4. The fourth-order valence-corrected chi connectivity index (χ4v) is 1.77. The first kappa shape index (κ1) is 18.0. The van der Waals surface area contributed by atoms with Crippen LogP contribution < -0.4 is 16.0 Å². The zero-order chi connectivity index (χ0) is 16.8. The first-order valence-corrected chi connectivity index (χ1v) is 7.18. The summed E-state index contributed by atoms with van der Waals surface area (Å²) < 4.78 is 4.75. The monoisotopic (exact) mass is 307 g/mol. The van der Waals surface area contributed by atoms with Crippen molar-refractivity contribution in [2.75, 3.05) is 24.4 Å². The van der Waals surface area contributed by atoms with Crippen LogP contribution in [0, 0.1) is 0 Å². The molecule has 1 rings (SSSR count). The molecule has 1 aromatic carbocycles. The first-order valence-electron chi connectivity index (χ1n) is 7.18. The van der Waals surface area contributed by atoms with E-state index in [-0.39, 0.29) is 30.0 Å². The lowest BCUT2D eigenvalue weighted by Crippen LogP contribution is -2.47. The molecular weight excluding hydrogens is 282 g/mol. The Balaban J connectivity index is 2.56. The highest BCUT2D eigenvalue weighted by molar-refractivity contribution is 5.92. The smallest absolute Gasteiger partial charge is 0.250 e. The molecule has 6 nitrogen and oxygen atoms in total. The lowest BCUT2D eigenvalue weighted by Gasteiger charge is -2.24. The van der Waals surface area contributed by atoms with Crippen LogP contribution in [0.4, 0.5) is 11.4 Å². The van der Waals surface area contributed by atoms with E-state index < -0.39 is 0 Å². The van der Waals surface area contributed by atoms with Gasteiger partial charge in [-0.2, -0.15) is 0 Å². The van der Waals surface area contributed by atoms with Crippen LogP contribution >= 0.6 is 0 Å². The normalized spacial score (nSPS) is 12.4. The van der Waals surface area contributed by atoms with Crippen molar-refractivity contribution < 1.29 is 14.3 Å². The van der Waals surface area contributed by atoms with E-state index in [4.69, 9.17) is 4.74 Å². The standard InChI is InChI=1S/C16H25N3O3/c1-11(15(21)19-16(2,3)4)17-12-6-8-13(9-7-12)18-14(20)10-22-5/h6-9,11,17H,10H2,1-5H3,(H,18,20)(H,19,21)/t11-/m1/s1. The molecule has 122 valence electrons. The third-order valence-electron chi connectivity index (χ3n) is 2.72. The van der Waals surface area contributed by atoms with Gasteiger partial charge in [-0.15, -0.1) is 0 Å². The summed E-state index contributed by atoms with van der Waals surface area (Å²) >= 11 is 0. The summed E-state index contributed by atoms with van der Waals surface area (Å²) in [5.41, 5.74) is 1.23. The van der Waals surface area contributed by atoms with E-state index in [1.165, 1.54) is 7.11 Å². The molecule has 0 saturated heterocycles. The van der Waals surface area contributed by atoms with Gasteiger partial charge in [0.25, 0.3) is 0 Å². The van der Waals surface area contributed by atoms with Crippen LogP contribution in [0.1, 0.15) is 27.7 Å². The topological polar surface area (TPSA) is 79.5 Å². The van der Waals surface area contributed by atoms with Gasteiger partial charge in [0, 0.05) is 24.0 Å². The van der Waals surface area contributed by atoms with Gasteiger partial charge >= 0.3 is 0 Å². The van der Waals surface area contributed by atoms with Gasteiger partial charge in [0.1, 0.15) is 12.6 Å². The van der Waals surface area contributed by atoms with Crippen molar-refractivity contribution in [2.24, 2.45) is 0 Å². The van der Waals surface area contributed by atoms with E-state index in [0.29, 0.717) is 5.69 Å². The van der Waals surface area contributed by atoms with Gasteiger partial charge in [0.15, 0.2) is 0 Å². The molecule has 0 aliphatic rings. The highest BCUT2D eigenvalue weighted by Gasteiger charge is 2.18. The second-order valence-corrected chi connectivity index (χ2v) is 6.16. The highest BCUT2D eigenvalue weighted by atomic mass is 16.5. The number of carbonyl (C=O) groups excluding carboxylic acids is 2. The maximum Gasteiger partial charge on any atom is 0.250 e. The number of rotatable bonds is 6. The molecule has 0 fully saturated rings. The van der Waals surface area contributed by atoms with E-state index >= 15 is 0 Å². The third kappa shape index (κ3) is 6.58. The fourth-order valence-electron chi connectivity index (χ4n) is 1.77. The van der Waals surface area contributed by atoms with Gasteiger partial charge in [0.05, 0.1) is 0 Å². The first-order chi connectivity index (χ1) is 10.2. The second kappa shape index (κ2) is 7.79. The minimum Gasteiger partial charge on any atom is -0.375 e. The number of carbonyl (C=O) groups is 2. The van der Waals surface area contributed by atoms with Gasteiger partial charge in [-0.05, 0) is 52.0 Å². The number of nitrogens with one attached hydrogen (secondary N) is 3. The second-order valence-electron chi connectivity index (χ2n) is 6.16. The molecule has 0 spiro atoms. The summed E-state index contributed by atoms with van der Waals surface area (Å²) in [6, 6.07) is 6.80. The van der Waals surface area contributed by atoms with Gasteiger partial charge in [0.2, 0.25) is 11.8 Å². The lowest BCUT2D eigenvalue weighted by molar-refractivity contribution is -0.123. The van der Waals surface area contributed by atoms with E-state index in [1.807, 2.05) is 32.9 Å². The molecule has 3 N–H and O–H groups in total. The van der Waals surface area contributed by atoms with E-state index in [0.717, 1.165) is 5.69 Å². The number of benzene rings is 1. The summed E-state index contributed by atoms with van der Waals surface area (Å²) in [6.07, 6.45) is 0. The zero-order valence-corrected chi connectivity index (χ0v) is 13.8. The summed E-state index contributed by atoms with van der Waals surface area (Å²) in [5, 5.41) is 8.75. The molecule has 1 atom stereocenters. The van der Waals surface area contributed by atoms with Crippen molar-refractivity contribution >= 4 is 23.2 Å². The van der Waals surface area contributed by atoms with Crippen molar-refractivity contribution in [3.63, 3.8) is 0 Å². The third-order valence-corrected chi connectivity index (χ3v) is 2.72. The van der Waals surface area contributed by atoms with Crippen molar-refractivity contribution in [2.45, 2.75) is 39.3 Å². The Bertz CT molecular complexity index is 506. The van der Waals surface area contributed by atoms with Crippen LogP contribution in [-0.2, 0) is 14.3 Å². The van der Waals surface area contributed by atoms with Crippen LogP contribution in [0.3, 0.4) is 0 Å². The molecule has 0 saturated carbocycles.